The van der Waals surface area contributed by atoms with Crippen molar-refractivity contribution in [1.29, 1.82) is 0 Å². The first-order chi connectivity index (χ1) is 8.20. The van der Waals surface area contributed by atoms with E-state index in [1.54, 1.807) is 0 Å². The summed E-state index contributed by atoms with van der Waals surface area (Å²) >= 11 is 0. The second-order valence-corrected chi connectivity index (χ2v) is 5.20. The van der Waals surface area contributed by atoms with Gasteiger partial charge in [-0.05, 0) is 39.2 Å². The summed E-state index contributed by atoms with van der Waals surface area (Å²) in [6.07, 6.45) is 5.37. The van der Waals surface area contributed by atoms with Crippen molar-refractivity contribution >= 4 is 5.91 Å². The van der Waals surface area contributed by atoms with Crippen LogP contribution in [0.2, 0.25) is 0 Å². The molecule has 1 aliphatic heterocycles. The van der Waals surface area contributed by atoms with Crippen LogP contribution in [-0.2, 0) is 4.79 Å². The fourth-order valence-corrected chi connectivity index (χ4v) is 2.96. The lowest BCUT2D eigenvalue weighted by molar-refractivity contribution is -0.143. The van der Waals surface area contributed by atoms with Gasteiger partial charge in [0, 0.05) is 19.6 Å². The number of hydrogen-bond donors (Lipinski definition) is 1. The van der Waals surface area contributed by atoms with Crippen LogP contribution in [0, 0.1) is 5.41 Å². The number of carbonyl (C=O) groups excluding carboxylic acids is 1. The van der Waals surface area contributed by atoms with Crippen LogP contribution in [0.25, 0.3) is 0 Å². The number of hydrogen-bond acceptors (Lipinski definition) is 2. The summed E-state index contributed by atoms with van der Waals surface area (Å²) in [6.45, 7) is 10.1. The third kappa shape index (κ3) is 3.44. The molecule has 0 bridgehead atoms. The minimum Gasteiger partial charge on any atom is -0.342 e. The molecule has 1 amide bonds. The second kappa shape index (κ2) is 7.00. The lowest BCUT2D eigenvalue weighted by atomic mass is 9.75. The van der Waals surface area contributed by atoms with Gasteiger partial charge in [-0.1, -0.05) is 20.3 Å². The molecular weight excluding hydrogens is 212 g/mol. The van der Waals surface area contributed by atoms with Crippen LogP contribution in [-0.4, -0.2) is 37.0 Å². The Balaban J connectivity index is 2.77. The maximum Gasteiger partial charge on any atom is 0.230 e. The number of nitrogens with zero attached hydrogens (tertiary/aromatic N) is 1. The van der Waals surface area contributed by atoms with Crippen LogP contribution >= 0.6 is 0 Å². The van der Waals surface area contributed by atoms with Gasteiger partial charge in [-0.2, -0.15) is 0 Å². The molecule has 1 fully saturated rings. The molecule has 0 aliphatic carbocycles. The van der Waals surface area contributed by atoms with E-state index in [0.717, 1.165) is 58.3 Å². The van der Waals surface area contributed by atoms with Crippen molar-refractivity contribution in [3.05, 3.63) is 0 Å². The van der Waals surface area contributed by atoms with Crippen molar-refractivity contribution in [2.24, 2.45) is 5.41 Å². The van der Waals surface area contributed by atoms with Gasteiger partial charge >= 0.3 is 0 Å². The maximum atomic E-state index is 12.7. The topological polar surface area (TPSA) is 32.3 Å². The molecular formula is C14H28N2O. The molecule has 1 N–H and O–H groups in total. The van der Waals surface area contributed by atoms with Crippen LogP contribution in [0.4, 0.5) is 0 Å². The van der Waals surface area contributed by atoms with Crippen LogP contribution in [0.15, 0.2) is 0 Å². The van der Waals surface area contributed by atoms with Gasteiger partial charge in [-0.25, -0.2) is 0 Å². The minimum absolute atomic E-state index is 0.113. The summed E-state index contributed by atoms with van der Waals surface area (Å²) in [7, 11) is 0. The Morgan fingerprint density at radius 1 is 1.29 bits per heavy atom. The average molecular weight is 240 g/mol. The SMILES string of the molecule is CCCN(CC)C(=O)C1(CCC)CCCNC1. The first-order valence-electron chi connectivity index (χ1n) is 7.20. The van der Waals surface area contributed by atoms with E-state index < -0.39 is 0 Å². The predicted molar refractivity (Wildman–Crippen MR) is 72.0 cm³/mol. The lowest BCUT2D eigenvalue weighted by Crippen LogP contribution is -2.52. The van der Waals surface area contributed by atoms with E-state index in [9.17, 15) is 4.79 Å². The van der Waals surface area contributed by atoms with E-state index >= 15 is 0 Å². The molecule has 1 aliphatic rings. The zero-order valence-electron chi connectivity index (χ0n) is 11.7. The Labute approximate surface area is 106 Å². The van der Waals surface area contributed by atoms with Gasteiger partial charge in [0.1, 0.15) is 0 Å². The summed E-state index contributed by atoms with van der Waals surface area (Å²) in [5, 5.41) is 3.41. The lowest BCUT2D eigenvalue weighted by Gasteiger charge is -2.40. The third-order valence-corrected chi connectivity index (χ3v) is 3.82. The molecule has 3 nitrogen and oxygen atoms in total. The van der Waals surface area contributed by atoms with Crippen molar-refractivity contribution in [2.75, 3.05) is 26.2 Å². The van der Waals surface area contributed by atoms with E-state index in [1.165, 1.54) is 0 Å². The monoisotopic (exact) mass is 240 g/mol. The van der Waals surface area contributed by atoms with E-state index in [4.69, 9.17) is 0 Å². The molecule has 0 aromatic carbocycles. The van der Waals surface area contributed by atoms with Gasteiger partial charge in [-0.3, -0.25) is 4.79 Å². The number of nitrogens with one attached hydrogen (secondary N) is 1. The highest BCUT2D eigenvalue weighted by atomic mass is 16.2. The first-order valence-corrected chi connectivity index (χ1v) is 7.20. The highest BCUT2D eigenvalue weighted by Crippen LogP contribution is 2.33. The Morgan fingerprint density at radius 3 is 2.53 bits per heavy atom. The van der Waals surface area contributed by atoms with Crippen LogP contribution in [0.3, 0.4) is 0 Å². The Kier molecular flexibility index (Phi) is 5.96. The zero-order valence-corrected chi connectivity index (χ0v) is 11.7. The summed E-state index contributed by atoms with van der Waals surface area (Å²) in [5.74, 6) is 0.385. The molecule has 0 aromatic rings. The first kappa shape index (κ1) is 14.5. The number of amides is 1. The Morgan fingerprint density at radius 2 is 2.06 bits per heavy atom. The molecule has 1 unspecified atom stereocenters. The third-order valence-electron chi connectivity index (χ3n) is 3.82. The van der Waals surface area contributed by atoms with E-state index in [1.807, 2.05) is 4.90 Å². The van der Waals surface area contributed by atoms with Gasteiger partial charge in [0.25, 0.3) is 0 Å². The summed E-state index contributed by atoms with van der Waals surface area (Å²) < 4.78 is 0. The van der Waals surface area contributed by atoms with Gasteiger partial charge in [0.2, 0.25) is 5.91 Å². The van der Waals surface area contributed by atoms with Crippen molar-refractivity contribution < 1.29 is 4.79 Å². The van der Waals surface area contributed by atoms with Crippen molar-refractivity contribution in [3.63, 3.8) is 0 Å². The van der Waals surface area contributed by atoms with E-state index in [-0.39, 0.29) is 5.41 Å². The molecule has 100 valence electrons. The summed E-state index contributed by atoms with van der Waals surface area (Å²) in [5.41, 5.74) is -0.113. The van der Waals surface area contributed by atoms with Gasteiger partial charge < -0.3 is 10.2 Å². The van der Waals surface area contributed by atoms with Crippen LogP contribution in [0.5, 0.6) is 0 Å². The molecule has 0 saturated carbocycles. The molecule has 0 spiro atoms. The number of piperidine rings is 1. The Bertz CT molecular complexity index is 229. The largest absolute Gasteiger partial charge is 0.342 e. The normalized spacial score (nSPS) is 24.6. The predicted octanol–water partition coefficient (Wildman–Crippen LogP) is 2.41. The molecule has 1 saturated heterocycles. The summed E-state index contributed by atoms with van der Waals surface area (Å²) in [6, 6.07) is 0. The maximum absolute atomic E-state index is 12.7. The van der Waals surface area contributed by atoms with Crippen molar-refractivity contribution in [3.8, 4) is 0 Å². The van der Waals surface area contributed by atoms with Crippen LogP contribution in [0.1, 0.15) is 52.9 Å². The summed E-state index contributed by atoms with van der Waals surface area (Å²) in [4.78, 5) is 14.8. The van der Waals surface area contributed by atoms with Gasteiger partial charge in [-0.15, -0.1) is 0 Å². The highest BCUT2D eigenvalue weighted by molar-refractivity contribution is 5.83. The second-order valence-electron chi connectivity index (χ2n) is 5.20. The zero-order chi connectivity index (χ0) is 12.7. The average Bonchev–Trinajstić information content (AvgIpc) is 2.36. The van der Waals surface area contributed by atoms with Gasteiger partial charge in [0.05, 0.1) is 5.41 Å². The smallest absolute Gasteiger partial charge is 0.230 e. The number of rotatable bonds is 6. The molecule has 3 heteroatoms. The number of carbonyl (C=O) groups is 1. The highest BCUT2D eigenvalue weighted by Gasteiger charge is 2.40. The molecule has 1 rings (SSSR count). The quantitative estimate of drug-likeness (QED) is 0.773. The van der Waals surface area contributed by atoms with Crippen molar-refractivity contribution in [2.45, 2.75) is 52.9 Å². The van der Waals surface area contributed by atoms with E-state index in [2.05, 4.69) is 26.1 Å². The Hall–Kier alpha value is -0.570. The molecule has 1 heterocycles. The molecule has 0 aromatic heterocycles. The standard InChI is InChI=1S/C14H28N2O/c1-4-8-14(9-7-10-15-12-14)13(17)16(6-3)11-5-2/h15H,4-12H2,1-3H3. The molecule has 1 atom stereocenters. The van der Waals surface area contributed by atoms with Gasteiger partial charge in [0.15, 0.2) is 0 Å². The fourth-order valence-electron chi connectivity index (χ4n) is 2.96. The fraction of sp³-hybridized carbons (Fsp3) is 0.929. The van der Waals surface area contributed by atoms with E-state index in [0.29, 0.717) is 5.91 Å². The van der Waals surface area contributed by atoms with Crippen LogP contribution < -0.4 is 5.32 Å². The van der Waals surface area contributed by atoms with Crippen molar-refractivity contribution in [1.82, 2.24) is 10.2 Å². The minimum atomic E-state index is -0.113. The molecule has 0 radical (unpaired) electrons. The molecule has 17 heavy (non-hydrogen) atoms.